The SMILES string of the molecule is COc1cc(Br)cc([C@@H](N)CC(C)C)c1O. The normalized spacial score (nSPS) is 12.9. The molecule has 1 atom stereocenters. The lowest BCUT2D eigenvalue weighted by Crippen LogP contribution is -2.13. The molecule has 1 aromatic rings. The molecule has 16 heavy (non-hydrogen) atoms. The summed E-state index contributed by atoms with van der Waals surface area (Å²) in [7, 11) is 1.53. The van der Waals surface area contributed by atoms with Crippen molar-refractivity contribution in [2.45, 2.75) is 26.3 Å². The summed E-state index contributed by atoms with van der Waals surface area (Å²) in [5.41, 5.74) is 6.78. The molecule has 0 aromatic heterocycles. The van der Waals surface area contributed by atoms with Gasteiger partial charge in [-0.25, -0.2) is 0 Å². The molecule has 0 radical (unpaired) electrons. The van der Waals surface area contributed by atoms with Crippen molar-refractivity contribution in [2.75, 3.05) is 7.11 Å². The second-order valence-corrected chi connectivity index (χ2v) is 5.20. The minimum Gasteiger partial charge on any atom is -0.504 e. The molecular formula is C12H18BrNO2. The van der Waals surface area contributed by atoms with E-state index in [0.29, 0.717) is 11.7 Å². The van der Waals surface area contributed by atoms with Gasteiger partial charge in [0.05, 0.1) is 7.11 Å². The fourth-order valence-electron chi connectivity index (χ4n) is 1.67. The number of phenolic OH excluding ortho intramolecular Hbond substituents is 1. The van der Waals surface area contributed by atoms with Crippen LogP contribution >= 0.6 is 15.9 Å². The fourth-order valence-corrected chi connectivity index (χ4v) is 2.12. The number of hydrogen-bond acceptors (Lipinski definition) is 3. The van der Waals surface area contributed by atoms with Gasteiger partial charge in [-0.1, -0.05) is 29.8 Å². The Labute approximate surface area is 105 Å². The van der Waals surface area contributed by atoms with Crippen molar-refractivity contribution in [2.24, 2.45) is 11.7 Å². The molecule has 0 aliphatic rings. The van der Waals surface area contributed by atoms with E-state index in [1.807, 2.05) is 6.07 Å². The number of ether oxygens (including phenoxy) is 1. The van der Waals surface area contributed by atoms with Gasteiger partial charge in [0, 0.05) is 16.1 Å². The standard InChI is InChI=1S/C12H18BrNO2/c1-7(2)4-10(14)9-5-8(13)6-11(16-3)12(9)15/h5-7,10,15H,4,14H2,1-3H3/t10-/m0/s1. The largest absolute Gasteiger partial charge is 0.504 e. The second kappa shape index (κ2) is 5.55. The third kappa shape index (κ3) is 3.12. The zero-order chi connectivity index (χ0) is 12.3. The van der Waals surface area contributed by atoms with Crippen LogP contribution in [0.5, 0.6) is 11.5 Å². The first-order chi connectivity index (χ1) is 7.45. The van der Waals surface area contributed by atoms with Gasteiger partial charge in [0.25, 0.3) is 0 Å². The molecule has 3 N–H and O–H groups in total. The van der Waals surface area contributed by atoms with E-state index in [2.05, 4.69) is 29.8 Å². The van der Waals surface area contributed by atoms with Crippen LogP contribution in [0.1, 0.15) is 31.9 Å². The molecule has 0 bridgehead atoms. The van der Waals surface area contributed by atoms with Crippen molar-refractivity contribution < 1.29 is 9.84 Å². The van der Waals surface area contributed by atoms with Gasteiger partial charge in [0.1, 0.15) is 0 Å². The first-order valence-corrected chi connectivity index (χ1v) is 6.07. The Morgan fingerprint density at radius 1 is 1.44 bits per heavy atom. The quantitative estimate of drug-likeness (QED) is 0.894. The Hall–Kier alpha value is -0.740. The van der Waals surface area contributed by atoms with Crippen LogP contribution < -0.4 is 10.5 Å². The summed E-state index contributed by atoms with van der Waals surface area (Å²) in [5.74, 6) is 1.07. The van der Waals surface area contributed by atoms with Crippen LogP contribution in [0.3, 0.4) is 0 Å². The van der Waals surface area contributed by atoms with Crippen molar-refractivity contribution in [3.05, 3.63) is 22.2 Å². The molecule has 3 nitrogen and oxygen atoms in total. The van der Waals surface area contributed by atoms with Gasteiger partial charge in [-0.2, -0.15) is 0 Å². The Morgan fingerprint density at radius 2 is 2.06 bits per heavy atom. The number of phenols is 1. The molecule has 4 heteroatoms. The molecule has 1 rings (SSSR count). The topological polar surface area (TPSA) is 55.5 Å². The highest BCUT2D eigenvalue weighted by atomic mass is 79.9. The van der Waals surface area contributed by atoms with E-state index in [1.165, 1.54) is 7.11 Å². The molecule has 90 valence electrons. The number of rotatable bonds is 4. The average Bonchev–Trinajstić information content (AvgIpc) is 2.19. The highest BCUT2D eigenvalue weighted by Crippen LogP contribution is 2.37. The lowest BCUT2D eigenvalue weighted by molar-refractivity contribution is 0.365. The Balaban J connectivity index is 3.07. The molecule has 1 aromatic carbocycles. The lowest BCUT2D eigenvalue weighted by Gasteiger charge is -2.17. The lowest BCUT2D eigenvalue weighted by atomic mass is 9.97. The van der Waals surface area contributed by atoms with Crippen molar-refractivity contribution in [3.8, 4) is 11.5 Å². The molecular weight excluding hydrogens is 270 g/mol. The van der Waals surface area contributed by atoms with Gasteiger partial charge in [-0.3, -0.25) is 0 Å². The minimum atomic E-state index is -0.175. The van der Waals surface area contributed by atoms with Gasteiger partial charge in [-0.15, -0.1) is 0 Å². The van der Waals surface area contributed by atoms with E-state index >= 15 is 0 Å². The summed E-state index contributed by atoms with van der Waals surface area (Å²) in [6, 6.07) is 3.39. The van der Waals surface area contributed by atoms with E-state index in [9.17, 15) is 5.11 Å². The predicted octanol–water partition coefficient (Wildman–Crippen LogP) is 3.21. The molecule has 0 fully saturated rings. The van der Waals surface area contributed by atoms with Crippen LogP contribution in [0.15, 0.2) is 16.6 Å². The first-order valence-electron chi connectivity index (χ1n) is 5.27. The van der Waals surface area contributed by atoms with Crippen molar-refractivity contribution in [3.63, 3.8) is 0 Å². The number of methoxy groups -OCH3 is 1. The van der Waals surface area contributed by atoms with Crippen LogP contribution in [-0.4, -0.2) is 12.2 Å². The van der Waals surface area contributed by atoms with E-state index in [0.717, 1.165) is 16.5 Å². The van der Waals surface area contributed by atoms with Crippen LogP contribution in [0, 0.1) is 5.92 Å². The molecule has 0 saturated carbocycles. The Bertz CT molecular complexity index is 366. The summed E-state index contributed by atoms with van der Waals surface area (Å²) in [4.78, 5) is 0. The molecule has 0 amide bonds. The van der Waals surface area contributed by atoms with Crippen LogP contribution in [-0.2, 0) is 0 Å². The third-order valence-corrected chi connectivity index (χ3v) is 2.87. The van der Waals surface area contributed by atoms with Gasteiger partial charge in [0.15, 0.2) is 11.5 Å². The summed E-state index contributed by atoms with van der Waals surface area (Å²) < 4.78 is 5.94. The number of hydrogen-bond donors (Lipinski definition) is 2. The van der Waals surface area contributed by atoms with Crippen molar-refractivity contribution >= 4 is 15.9 Å². The zero-order valence-electron chi connectivity index (χ0n) is 9.83. The van der Waals surface area contributed by atoms with Gasteiger partial charge in [0.2, 0.25) is 0 Å². The fraction of sp³-hybridized carbons (Fsp3) is 0.500. The van der Waals surface area contributed by atoms with Gasteiger partial charge < -0.3 is 15.6 Å². The second-order valence-electron chi connectivity index (χ2n) is 4.28. The average molecular weight is 288 g/mol. The molecule has 0 unspecified atom stereocenters. The molecule has 0 heterocycles. The Morgan fingerprint density at radius 3 is 2.56 bits per heavy atom. The first kappa shape index (κ1) is 13.3. The van der Waals surface area contributed by atoms with Crippen LogP contribution in [0.25, 0.3) is 0 Å². The highest BCUT2D eigenvalue weighted by Gasteiger charge is 2.16. The zero-order valence-corrected chi connectivity index (χ0v) is 11.4. The van der Waals surface area contributed by atoms with Gasteiger partial charge >= 0.3 is 0 Å². The maximum Gasteiger partial charge on any atom is 0.162 e. The van der Waals surface area contributed by atoms with E-state index in [-0.39, 0.29) is 11.8 Å². The van der Waals surface area contributed by atoms with E-state index in [1.54, 1.807) is 6.07 Å². The number of nitrogens with two attached hydrogens (primary N) is 1. The maximum atomic E-state index is 9.97. The summed E-state index contributed by atoms with van der Waals surface area (Å²) >= 11 is 3.38. The van der Waals surface area contributed by atoms with Gasteiger partial charge in [-0.05, 0) is 24.5 Å². The minimum absolute atomic E-state index is 0.138. The van der Waals surface area contributed by atoms with Crippen LogP contribution in [0.4, 0.5) is 0 Å². The smallest absolute Gasteiger partial charge is 0.162 e. The maximum absolute atomic E-state index is 9.97. The van der Waals surface area contributed by atoms with Crippen molar-refractivity contribution in [1.29, 1.82) is 0 Å². The third-order valence-electron chi connectivity index (χ3n) is 2.41. The molecule has 0 aliphatic heterocycles. The molecule has 0 saturated heterocycles. The number of benzene rings is 1. The summed E-state index contributed by atoms with van der Waals surface area (Å²) in [5, 5.41) is 9.97. The predicted molar refractivity (Wildman–Crippen MR) is 68.7 cm³/mol. The number of halogens is 1. The Kier molecular flexibility index (Phi) is 4.62. The molecule has 0 aliphatic carbocycles. The highest BCUT2D eigenvalue weighted by molar-refractivity contribution is 9.10. The van der Waals surface area contributed by atoms with E-state index < -0.39 is 0 Å². The van der Waals surface area contributed by atoms with Crippen LogP contribution in [0.2, 0.25) is 0 Å². The monoisotopic (exact) mass is 287 g/mol. The summed E-state index contributed by atoms with van der Waals surface area (Å²) in [6.07, 6.45) is 0.827. The number of aromatic hydroxyl groups is 1. The van der Waals surface area contributed by atoms with E-state index in [4.69, 9.17) is 10.5 Å². The van der Waals surface area contributed by atoms with Crippen molar-refractivity contribution in [1.82, 2.24) is 0 Å². The summed E-state index contributed by atoms with van der Waals surface area (Å²) in [6.45, 7) is 4.21. The molecule has 0 spiro atoms.